The number of nitrogens with one attached hydrogen (secondary N) is 3. The van der Waals surface area contributed by atoms with Crippen LogP contribution in [0.2, 0.25) is 0 Å². The van der Waals surface area contributed by atoms with E-state index in [1.54, 1.807) is 4.90 Å². The van der Waals surface area contributed by atoms with Crippen LogP contribution in [0.3, 0.4) is 0 Å². The Labute approximate surface area is 242 Å². The number of carbonyl (C=O) groups excluding carboxylic acids is 4. The zero-order valence-electron chi connectivity index (χ0n) is 23.7. The van der Waals surface area contributed by atoms with Crippen LogP contribution in [-0.2, 0) is 32.0 Å². The van der Waals surface area contributed by atoms with Crippen LogP contribution < -0.4 is 16.0 Å². The molecule has 5 rings (SSSR count). The molecule has 3 N–H and O–H groups in total. The molecule has 0 spiro atoms. The molecule has 0 aromatic heterocycles. The van der Waals surface area contributed by atoms with Crippen LogP contribution in [0.4, 0.5) is 0 Å². The number of nitrogens with zero attached hydrogens (tertiary/aromatic N) is 1. The van der Waals surface area contributed by atoms with E-state index in [1.165, 1.54) is 12.8 Å². The molecule has 2 aromatic rings. The van der Waals surface area contributed by atoms with Gasteiger partial charge < -0.3 is 25.6 Å². The molecule has 218 valence electrons. The number of amides is 3. The van der Waals surface area contributed by atoms with Crippen LogP contribution >= 0.6 is 0 Å². The molecule has 1 aliphatic carbocycles. The SMILES string of the molecule is O=C[C@@H]1CCCN1C(=O)[C@H](Cc1ccccc1)NC(=O)C[C@H](Cc1ccccc1)NC(=O)[C@@H]1C[C@@H]2CCCC[C@@H]2N1. The number of fused-ring (bicyclic) bond motifs is 1. The number of rotatable bonds is 11. The quantitative estimate of drug-likeness (QED) is 0.368. The number of carbonyl (C=O) groups is 4. The molecule has 0 radical (unpaired) electrons. The Hall–Kier alpha value is -3.52. The van der Waals surface area contributed by atoms with Crippen molar-refractivity contribution in [1.29, 1.82) is 0 Å². The zero-order chi connectivity index (χ0) is 28.6. The van der Waals surface area contributed by atoms with Gasteiger partial charge in [-0.25, -0.2) is 0 Å². The molecule has 2 heterocycles. The highest BCUT2D eigenvalue weighted by atomic mass is 16.2. The van der Waals surface area contributed by atoms with E-state index in [2.05, 4.69) is 16.0 Å². The first-order valence-corrected chi connectivity index (χ1v) is 15.2. The second kappa shape index (κ2) is 13.9. The maximum atomic E-state index is 13.6. The molecular weight excluding hydrogens is 516 g/mol. The van der Waals surface area contributed by atoms with Crippen molar-refractivity contribution in [2.75, 3.05) is 6.54 Å². The second-order valence-corrected chi connectivity index (χ2v) is 11.9. The molecule has 41 heavy (non-hydrogen) atoms. The van der Waals surface area contributed by atoms with E-state index in [1.807, 2.05) is 60.7 Å². The number of aldehydes is 1. The first kappa shape index (κ1) is 29.0. The van der Waals surface area contributed by atoms with Gasteiger partial charge in [-0.2, -0.15) is 0 Å². The summed E-state index contributed by atoms with van der Waals surface area (Å²) in [4.78, 5) is 53.7. The molecule has 0 bridgehead atoms. The molecule has 1 saturated carbocycles. The predicted octanol–water partition coefficient (Wildman–Crippen LogP) is 2.94. The van der Waals surface area contributed by atoms with Gasteiger partial charge in [0, 0.05) is 31.5 Å². The minimum absolute atomic E-state index is 0.0515. The summed E-state index contributed by atoms with van der Waals surface area (Å²) in [7, 11) is 0. The van der Waals surface area contributed by atoms with E-state index in [4.69, 9.17) is 0 Å². The molecule has 3 fully saturated rings. The molecule has 8 nitrogen and oxygen atoms in total. The van der Waals surface area contributed by atoms with Gasteiger partial charge in [0.1, 0.15) is 12.3 Å². The van der Waals surface area contributed by atoms with E-state index in [0.29, 0.717) is 37.8 Å². The van der Waals surface area contributed by atoms with E-state index in [0.717, 1.165) is 43.1 Å². The van der Waals surface area contributed by atoms with Crippen LogP contribution in [-0.4, -0.2) is 65.7 Å². The molecular formula is C33H42N4O4. The minimum Gasteiger partial charge on any atom is -0.351 e. The summed E-state index contributed by atoms with van der Waals surface area (Å²) in [5.41, 5.74) is 1.96. The number of likely N-dealkylation sites (tertiary alicyclic amines) is 1. The highest BCUT2D eigenvalue weighted by Gasteiger charge is 2.39. The molecule has 3 amide bonds. The van der Waals surface area contributed by atoms with Crippen LogP contribution in [0.5, 0.6) is 0 Å². The minimum atomic E-state index is -0.793. The number of benzene rings is 2. The van der Waals surface area contributed by atoms with Crippen molar-refractivity contribution in [3.63, 3.8) is 0 Å². The van der Waals surface area contributed by atoms with Crippen LogP contribution in [0.25, 0.3) is 0 Å². The summed E-state index contributed by atoms with van der Waals surface area (Å²) in [6, 6.07) is 17.9. The average molecular weight is 559 g/mol. The standard InChI is InChI=1S/C33H42N4O4/c38-22-27-15-9-17-37(27)33(41)30(19-24-12-5-2-6-13-24)36-31(39)21-26(18-23-10-3-1-4-11-23)34-32(40)29-20-25-14-7-8-16-28(25)35-29/h1-6,10-13,22,25-30,35H,7-9,14-21H2,(H,34,40)(H,36,39)/t25-,26-,27-,28-,29-,30-/m0/s1. The van der Waals surface area contributed by atoms with Crippen molar-refractivity contribution in [2.24, 2.45) is 5.92 Å². The largest absolute Gasteiger partial charge is 0.351 e. The third-order valence-electron chi connectivity index (χ3n) is 8.94. The van der Waals surface area contributed by atoms with Gasteiger partial charge >= 0.3 is 0 Å². The number of hydrogen-bond donors (Lipinski definition) is 3. The van der Waals surface area contributed by atoms with E-state index in [9.17, 15) is 19.2 Å². The van der Waals surface area contributed by atoms with Gasteiger partial charge in [0.2, 0.25) is 17.7 Å². The van der Waals surface area contributed by atoms with Crippen molar-refractivity contribution in [3.8, 4) is 0 Å². The Balaban J connectivity index is 1.28. The second-order valence-electron chi connectivity index (χ2n) is 11.9. The van der Waals surface area contributed by atoms with Crippen molar-refractivity contribution in [3.05, 3.63) is 71.8 Å². The van der Waals surface area contributed by atoms with Gasteiger partial charge in [0.05, 0.1) is 12.1 Å². The lowest BCUT2D eigenvalue weighted by Gasteiger charge is -2.28. The lowest BCUT2D eigenvalue weighted by molar-refractivity contribution is -0.138. The van der Waals surface area contributed by atoms with Gasteiger partial charge in [-0.3, -0.25) is 14.4 Å². The molecule has 2 aromatic carbocycles. The lowest BCUT2D eigenvalue weighted by atomic mass is 9.85. The van der Waals surface area contributed by atoms with Crippen molar-refractivity contribution in [1.82, 2.24) is 20.9 Å². The fourth-order valence-electron chi connectivity index (χ4n) is 6.83. The Morgan fingerprint density at radius 2 is 1.56 bits per heavy atom. The van der Waals surface area contributed by atoms with Crippen molar-refractivity contribution in [2.45, 2.75) is 94.4 Å². The van der Waals surface area contributed by atoms with Crippen LogP contribution in [0.15, 0.2) is 60.7 Å². The van der Waals surface area contributed by atoms with Crippen LogP contribution in [0, 0.1) is 5.92 Å². The summed E-state index contributed by atoms with van der Waals surface area (Å²) in [6.07, 6.45) is 8.66. The molecule has 2 saturated heterocycles. The fourth-order valence-corrected chi connectivity index (χ4v) is 6.83. The van der Waals surface area contributed by atoms with Crippen molar-refractivity contribution >= 4 is 24.0 Å². The highest BCUT2D eigenvalue weighted by molar-refractivity contribution is 5.90. The Morgan fingerprint density at radius 1 is 0.878 bits per heavy atom. The van der Waals surface area contributed by atoms with E-state index in [-0.39, 0.29) is 30.2 Å². The van der Waals surface area contributed by atoms with Gasteiger partial charge in [0.25, 0.3) is 0 Å². The summed E-state index contributed by atoms with van der Waals surface area (Å²) < 4.78 is 0. The molecule has 2 aliphatic heterocycles. The van der Waals surface area contributed by atoms with Gasteiger partial charge in [-0.05, 0) is 55.6 Å². The van der Waals surface area contributed by atoms with Crippen LogP contribution in [0.1, 0.15) is 62.5 Å². The summed E-state index contributed by atoms with van der Waals surface area (Å²) in [6.45, 7) is 0.506. The highest BCUT2D eigenvalue weighted by Crippen LogP contribution is 2.33. The maximum Gasteiger partial charge on any atom is 0.246 e. The van der Waals surface area contributed by atoms with Gasteiger partial charge in [0.15, 0.2) is 0 Å². The molecule has 3 aliphatic rings. The monoisotopic (exact) mass is 558 g/mol. The van der Waals surface area contributed by atoms with E-state index >= 15 is 0 Å². The Morgan fingerprint density at radius 3 is 2.24 bits per heavy atom. The topological polar surface area (TPSA) is 108 Å². The third kappa shape index (κ3) is 7.61. The summed E-state index contributed by atoms with van der Waals surface area (Å²) in [5, 5.41) is 9.68. The van der Waals surface area contributed by atoms with Crippen molar-refractivity contribution < 1.29 is 19.2 Å². The Bertz CT molecular complexity index is 1180. The maximum absolute atomic E-state index is 13.6. The summed E-state index contributed by atoms with van der Waals surface area (Å²) in [5.74, 6) is -0.0505. The number of hydrogen-bond acceptors (Lipinski definition) is 5. The Kier molecular flexibility index (Phi) is 9.83. The van der Waals surface area contributed by atoms with E-state index < -0.39 is 18.1 Å². The summed E-state index contributed by atoms with van der Waals surface area (Å²) >= 11 is 0. The average Bonchev–Trinajstić information content (AvgIpc) is 3.65. The molecule has 6 atom stereocenters. The first-order chi connectivity index (χ1) is 20.0. The molecule has 0 unspecified atom stereocenters. The smallest absolute Gasteiger partial charge is 0.246 e. The zero-order valence-corrected chi connectivity index (χ0v) is 23.7. The normalized spacial score (nSPS) is 25.1. The van der Waals surface area contributed by atoms with Gasteiger partial charge in [-0.1, -0.05) is 73.5 Å². The lowest BCUT2D eigenvalue weighted by Crippen LogP contribution is -2.53. The predicted molar refractivity (Wildman–Crippen MR) is 157 cm³/mol. The fraction of sp³-hybridized carbons (Fsp3) is 0.515. The van der Waals surface area contributed by atoms with Gasteiger partial charge in [-0.15, -0.1) is 0 Å². The molecule has 8 heteroatoms. The third-order valence-corrected chi connectivity index (χ3v) is 8.94. The first-order valence-electron chi connectivity index (χ1n) is 15.2.